The quantitative estimate of drug-likeness (QED) is 0.435. The molecule has 2 aliphatic heterocycles. The number of para-hydroxylation sites is 1. The summed E-state index contributed by atoms with van der Waals surface area (Å²) in [6, 6.07) is 21.4. The van der Waals surface area contributed by atoms with E-state index in [-0.39, 0.29) is 17.6 Å². The number of rotatable bonds is 6. The second-order valence-electron chi connectivity index (χ2n) is 8.83. The SMILES string of the molecule is CCCCc1ccc(N2C(=O)C(c3ccc(F)cc3)=C(N3CCCc4ccccc43)C2=O)cc1. The number of fused-ring (bicyclic) bond motifs is 1. The number of amides is 2. The number of hydrogen-bond acceptors (Lipinski definition) is 3. The van der Waals surface area contributed by atoms with Crippen LogP contribution in [-0.2, 0) is 22.4 Å². The first kappa shape index (κ1) is 22.1. The number of carbonyl (C=O) groups excluding carboxylic acids is 2. The van der Waals surface area contributed by atoms with Crippen molar-refractivity contribution < 1.29 is 14.0 Å². The minimum absolute atomic E-state index is 0.316. The molecule has 5 rings (SSSR count). The molecule has 0 N–H and O–H groups in total. The summed E-state index contributed by atoms with van der Waals surface area (Å²) in [4.78, 5) is 30.8. The second kappa shape index (κ2) is 9.26. The van der Waals surface area contributed by atoms with Gasteiger partial charge in [0.1, 0.15) is 11.5 Å². The largest absolute Gasteiger partial charge is 0.336 e. The van der Waals surface area contributed by atoms with Crippen LogP contribution in [-0.4, -0.2) is 18.4 Å². The molecule has 0 unspecified atom stereocenters. The van der Waals surface area contributed by atoms with E-state index in [0.29, 0.717) is 29.1 Å². The summed E-state index contributed by atoms with van der Waals surface area (Å²) < 4.78 is 13.7. The van der Waals surface area contributed by atoms with Crippen molar-refractivity contribution in [2.45, 2.75) is 39.0 Å². The van der Waals surface area contributed by atoms with E-state index in [4.69, 9.17) is 0 Å². The van der Waals surface area contributed by atoms with Gasteiger partial charge in [-0.2, -0.15) is 0 Å². The van der Waals surface area contributed by atoms with E-state index >= 15 is 0 Å². The third-order valence-corrected chi connectivity index (χ3v) is 6.59. The summed E-state index contributed by atoms with van der Waals surface area (Å²) in [7, 11) is 0. The average Bonchev–Trinajstić information content (AvgIpc) is 3.13. The number of carbonyl (C=O) groups is 2. The van der Waals surface area contributed by atoms with Gasteiger partial charge >= 0.3 is 0 Å². The van der Waals surface area contributed by atoms with Gasteiger partial charge in [0.05, 0.1) is 11.3 Å². The zero-order chi connectivity index (χ0) is 23.7. The summed E-state index contributed by atoms with van der Waals surface area (Å²) in [5.41, 5.74) is 5.05. The number of halogens is 1. The maximum Gasteiger partial charge on any atom is 0.282 e. The monoisotopic (exact) mass is 454 g/mol. The summed E-state index contributed by atoms with van der Waals surface area (Å²) in [5, 5.41) is 0. The molecule has 2 amide bonds. The lowest BCUT2D eigenvalue weighted by atomic mass is 9.98. The molecule has 0 radical (unpaired) electrons. The van der Waals surface area contributed by atoms with Crippen LogP contribution in [0.1, 0.15) is 42.9 Å². The van der Waals surface area contributed by atoms with Crippen LogP contribution in [0.25, 0.3) is 5.57 Å². The van der Waals surface area contributed by atoms with Gasteiger partial charge in [0.15, 0.2) is 0 Å². The van der Waals surface area contributed by atoms with Crippen molar-refractivity contribution in [1.82, 2.24) is 0 Å². The fourth-order valence-corrected chi connectivity index (χ4v) is 4.84. The van der Waals surface area contributed by atoms with Gasteiger partial charge in [0, 0.05) is 12.2 Å². The van der Waals surface area contributed by atoms with E-state index in [0.717, 1.165) is 43.4 Å². The van der Waals surface area contributed by atoms with E-state index in [2.05, 4.69) is 13.0 Å². The van der Waals surface area contributed by atoms with E-state index < -0.39 is 0 Å². The van der Waals surface area contributed by atoms with Gasteiger partial charge in [-0.3, -0.25) is 9.59 Å². The summed E-state index contributed by atoms with van der Waals surface area (Å²) in [6.45, 7) is 2.79. The fraction of sp³-hybridized carbons (Fsp3) is 0.241. The van der Waals surface area contributed by atoms with Crippen LogP contribution in [0.5, 0.6) is 0 Å². The molecule has 5 heteroatoms. The van der Waals surface area contributed by atoms with Crippen molar-refractivity contribution in [3.8, 4) is 0 Å². The third-order valence-electron chi connectivity index (χ3n) is 6.59. The van der Waals surface area contributed by atoms with E-state index in [1.54, 1.807) is 12.1 Å². The first-order chi connectivity index (χ1) is 16.6. The maximum atomic E-state index is 13.9. The Morgan fingerprint density at radius 1 is 0.882 bits per heavy atom. The van der Waals surface area contributed by atoms with Crippen LogP contribution in [0.4, 0.5) is 15.8 Å². The molecule has 34 heavy (non-hydrogen) atoms. The molecule has 0 saturated heterocycles. The van der Waals surface area contributed by atoms with Crippen molar-refractivity contribution in [2.24, 2.45) is 0 Å². The first-order valence-electron chi connectivity index (χ1n) is 11.9. The molecule has 2 aliphatic rings. The van der Waals surface area contributed by atoms with Crippen molar-refractivity contribution in [3.63, 3.8) is 0 Å². The van der Waals surface area contributed by atoms with Crippen LogP contribution < -0.4 is 9.80 Å². The third kappa shape index (κ3) is 3.92. The van der Waals surface area contributed by atoms with E-state index in [1.807, 2.05) is 47.4 Å². The number of hydrogen-bond donors (Lipinski definition) is 0. The Morgan fingerprint density at radius 2 is 1.62 bits per heavy atom. The van der Waals surface area contributed by atoms with Crippen LogP contribution in [0.3, 0.4) is 0 Å². The van der Waals surface area contributed by atoms with Gasteiger partial charge in [-0.15, -0.1) is 0 Å². The van der Waals surface area contributed by atoms with Gasteiger partial charge in [-0.05, 0) is 72.7 Å². The molecular weight excluding hydrogens is 427 g/mol. The molecule has 0 saturated carbocycles. The van der Waals surface area contributed by atoms with E-state index in [9.17, 15) is 14.0 Å². The van der Waals surface area contributed by atoms with E-state index in [1.165, 1.54) is 22.6 Å². The lowest BCUT2D eigenvalue weighted by Gasteiger charge is -2.32. The number of unbranched alkanes of at least 4 members (excludes halogenated alkanes) is 1. The molecule has 0 aromatic heterocycles. The van der Waals surface area contributed by atoms with Gasteiger partial charge in [0.25, 0.3) is 11.8 Å². The molecule has 172 valence electrons. The minimum Gasteiger partial charge on any atom is -0.336 e. The van der Waals surface area contributed by atoms with Gasteiger partial charge in [-0.1, -0.05) is 55.8 Å². The molecular formula is C29H27FN2O2. The Hall–Kier alpha value is -3.73. The maximum absolute atomic E-state index is 13.9. The van der Waals surface area contributed by atoms with Gasteiger partial charge in [0.2, 0.25) is 0 Å². The zero-order valence-corrected chi connectivity index (χ0v) is 19.3. The van der Waals surface area contributed by atoms with Gasteiger partial charge in [-0.25, -0.2) is 9.29 Å². The van der Waals surface area contributed by atoms with Crippen molar-refractivity contribution in [2.75, 3.05) is 16.3 Å². The number of imide groups is 1. The smallest absolute Gasteiger partial charge is 0.282 e. The highest BCUT2D eigenvalue weighted by Crippen LogP contribution is 2.39. The highest BCUT2D eigenvalue weighted by molar-refractivity contribution is 6.46. The lowest BCUT2D eigenvalue weighted by molar-refractivity contribution is -0.120. The molecule has 2 heterocycles. The molecule has 0 fully saturated rings. The molecule has 0 spiro atoms. The first-order valence-corrected chi connectivity index (χ1v) is 11.9. The number of nitrogens with zero attached hydrogens (tertiary/aromatic N) is 2. The molecule has 3 aromatic rings. The lowest BCUT2D eigenvalue weighted by Crippen LogP contribution is -2.37. The average molecular weight is 455 g/mol. The fourth-order valence-electron chi connectivity index (χ4n) is 4.84. The normalized spacial score (nSPS) is 15.8. The highest BCUT2D eigenvalue weighted by atomic mass is 19.1. The number of anilines is 2. The van der Waals surface area contributed by atoms with Crippen molar-refractivity contribution in [3.05, 3.63) is 101 Å². The Morgan fingerprint density at radius 3 is 2.35 bits per heavy atom. The Balaban J connectivity index is 1.60. The molecule has 3 aromatic carbocycles. The van der Waals surface area contributed by atoms with Gasteiger partial charge < -0.3 is 4.90 Å². The topological polar surface area (TPSA) is 40.6 Å². The summed E-state index contributed by atoms with van der Waals surface area (Å²) in [5.74, 6) is -1.11. The number of benzene rings is 3. The van der Waals surface area contributed by atoms with Crippen molar-refractivity contribution >= 4 is 28.8 Å². The highest BCUT2D eigenvalue weighted by Gasteiger charge is 2.43. The standard InChI is InChI=1S/C29H27FN2O2/c1-2-3-7-20-11-17-24(18-12-20)32-28(33)26(22-13-15-23(30)16-14-22)27(29(32)34)31-19-6-9-21-8-4-5-10-25(21)31/h4-5,8,10-18H,2-3,6-7,9,19H2,1H3. The Bertz CT molecular complexity index is 1260. The Kier molecular flexibility index (Phi) is 6.01. The van der Waals surface area contributed by atoms with Crippen LogP contribution in [0.15, 0.2) is 78.5 Å². The Labute approximate surface area is 199 Å². The van der Waals surface area contributed by atoms with Crippen LogP contribution >= 0.6 is 0 Å². The second-order valence-corrected chi connectivity index (χ2v) is 8.83. The number of aryl methyl sites for hydroxylation is 2. The summed E-state index contributed by atoms with van der Waals surface area (Å²) >= 11 is 0. The molecule has 0 bridgehead atoms. The summed E-state index contributed by atoms with van der Waals surface area (Å²) in [6.07, 6.45) is 4.97. The molecule has 0 aliphatic carbocycles. The molecule has 4 nitrogen and oxygen atoms in total. The minimum atomic E-state index is -0.384. The van der Waals surface area contributed by atoms with Crippen LogP contribution in [0, 0.1) is 5.82 Å². The molecule has 0 atom stereocenters. The van der Waals surface area contributed by atoms with Crippen LogP contribution in [0.2, 0.25) is 0 Å². The zero-order valence-electron chi connectivity index (χ0n) is 19.3. The van der Waals surface area contributed by atoms with Crippen molar-refractivity contribution in [1.29, 1.82) is 0 Å². The predicted molar refractivity (Wildman–Crippen MR) is 133 cm³/mol. The predicted octanol–water partition coefficient (Wildman–Crippen LogP) is 5.91.